The van der Waals surface area contributed by atoms with Gasteiger partial charge in [0.15, 0.2) is 0 Å². The van der Waals surface area contributed by atoms with Crippen LogP contribution in [0.4, 0.5) is 5.69 Å². The number of benzene rings is 3. The van der Waals surface area contributed by atoms with Crippen LogP contribution >= 0.6 is 0 Å². The minimum Gasteiger partial charge on any atom is -0.492 e. The highest BCUT2D eigenvalue weighted by Gasteiger charge is 2.33. The third-order valence-electron chi connectivity index (χ3n) is 8.20. The standard InChI is InChI=1S/C34H37N3O5S/c1-34(2,3)25-9-11-26(12-10-25)42-20-15-36-23-24(28-7-5-6-8-32(28)36)21-30-29-22-27(13-14-31(29)35(4)33(30)38)43(39,40)37-16-18-41-19-17-37/h5-14,21-23H,15-20H2,1-4H3. The number of hydrogen-bond acceptors (Lipinski definition) is 5. The van der Waals surface area contributed by atoms with E-state index in [2.05, 4.69) is 43.5 Å². The number of amides is 1. The molecule has 8 nitrogen and oxygen atoms in total. The molecule has 0 unspecified atom stereocenters. The van der Waals surface area contributed by atoms with Crippen molar-refractivity contribution in [2.45, 2.75) is 37.6 Å². The number of anilines is 1. The van der Waals surface area contributed by atoms with E-state index in [0.29, 0.717) is 56.3 Å². The molecule has 3 aromatic carbocycles. The quantitative estimate of drug-likeness (QED) is 0.260. The molecule has 0 radical (unpaired) electrons. The van der Waals surface area contributed by atoms with Crippen molar-refractivity contribution in [1.82, 2.24) is 8.87 Å². The van der Waals surface area contributed by atoms with Gasteiger partial charge in [-0.2, -0.15) is 4.31 Å². The number of rotatable bonds is 7. The molecule has 2 aliphatic heterocycles. The number of para-hydroxylation sites is 1. The number of hydrogen-bond donors (Lipinski definition) is 0. The molecule has 0 aliphatic carbocycles. The van der Waals surface area contributed by atoms with Crippen molar-refractivity contribution >= 4 is 44.2 Å². The predicted molar refractivity (Wildman–Crippen MR) is 170 cm³/mol. The summed E-state index contributed by atoms with van der Waals surface area (Å²) in [5.41, 5.74) is 5.03. The first-order valence-electron chi connectivity index (χ1n) is 14.6. The molecule has 2 aliphatic rings. The molecule has 9 heteroatoms. The molecule has 224 valence electrons. The molecule has 0 saturated carbocycles. The largest absolute Gasteiger partial charge is 0.492 e. The van der Waals surface area contributed by atoms with E-state index < -0.39 is 10.0 Å². The van der Waals surface area contributed by atoms with Gasteiger partial charge in [-0.05, 0) is 53.5 Å². The van der Waals surface area contributed by atoms with Crippen molar-refractivity contribution < 1.29 is 22.7 Å². The minimum absolute atomic E-state index is 0.0854. The van der Waals surface area contributed by atoms with Gasteiger partial charge in [0.25, 0.3) is 5.91 Å². The highest BCUT2D eigenvalue weighted by molar-refractivity contribution is 7.89. The second-order valence-corrected chi connectivity index (χ2v) is 14.0. The molecule has 0 atom stereocenters. The van der Waals surface area contributed by atoms with Gasteiger partial charge in [-0.1, -0.05) is 51.1 Å². The molecule has 1 saturated heterocycles. The van der Waals surface area contributed by atoms with Crippen molar-refractivity contribution in [2.24, 2.45) is 0 Å². The molecule has 0 bridgehead atoms. The average Bonchev–Trinajstić information content (AvgIpc) is 3.47. The molecule has 0 spiro atoms. The second-order valence-electron chi connectivity index (χ2n) is 12.0. The molecule has 3 heterocycles. The lowest BCUT2D eigenvalue weighted by Crippen LogP contribution is -2.40. The summed E-state index contributed by atoms with van der Waals surface area (Å²) in [5.74, 6) is 0.653. The van der Waals surface area contributed by atoms with Crippen LogP contribution in [-0.4, -0.2) is 63.2 Å². The fraction of sp³-hybridized carbons (Fsp3) is 0.324. The van der Waals surface area contributed by atoms with Gasteiger partial charge in [0.1, 0.15) is 12.4 Å². The van der Waals surface area contributed by atoms with Gasteiger partial charge in [-0.15, -0.1) is 0 Å². The van der Waals surface area contributed by atoms with Crippen molar-refractivity contribution in [3.8, 4) is 5.75 Å². The molecular weight excluding hydrogens is 562 g/mol. The van der Waals surface area contributed by atoms with E-state index in [1.165, 1.54) is 9.87 Å². The zero-order valence-corrected chi connectivity index (χ0v) is 25.9. The van der Waals surface area contributed by atoms with E-state index in [9.17, 15) is 13.2 Å². The summed E-state index contributed by atoms with van der Waals surface area (Å²) >= 11 is 0. The van der Waals surface area contributed by atoms with E-state index in [0.717, 1.165) is 22.2 Å². The van der Waals surface area contributed by atoms with Crippen LogP contribution in [0.25, 0.3) is 22.6 Å². The van der Waals surface area contributed by atoms with Crippen molar-refractivity contribution in [1.29, 1.82) is 0 Å². The highest BCUT2D eigenvalue weighted by Crippen LogP contribution is 2.39. The number of likely N-dealkylation sites (N-methyl/N-ethyl adjacent to an activating group) is 1. The van der Waals surface area contributed by atoms with Crippen molar-refractivity contribution in [2.75, 3.05) is 44.9 Å². The van der Waals surface area contributed by atoms with E-state index in [1.54, 1.807) is 30.1 Å². The summed E-state index contributed by atoms with van der Waals surface area (Å²) in [5, 5.41) is 1.01. The number of sulfonamides is 1. The van der Waals surface area contributed by atoms with Crippen LogP contribution in [-0.2, 0) is 31.5 Å². The Morgan fingerprint density at radius 1 is 0.977 bits per heavy atom. The smallest absolute Gasteiger partial charge is 0.258 e. The number of nitrogens with zero attached hydrogens (tertiary/aromatic N) is 3. The summed E-state index contributed by atoms with van der Waals surface area (Å²) in [7, 11) is -2.00. The number of morpholine rings is 1. The Labute approximate surface area is 253 Å². The molecule has 0 N–H and O–H groups in total. The third-order valence-corrected chi connectivity index (χ3v) is 10.1. The Balaban J connectivity index is 1.29. The maximum absolute atomic E-state index is 13.4. The Hall–Kier alpha value is -3.92. The summed E-state index contributed by atoms with van der Waals surface area (Å²) in [4.78, 5) is 15.2. The number of ether oxygens (including phenoxy) is 2. The summed E-state index contributed by atoms with van der Waals surface area (Å²) in [6.45, 7) is 9.04. The lowest BCUT2D eigenvalue weighted by atomic mass is 9.87. The molecule has 1 aromatic heterocycles. The molecule has 1 amide bonds. The maximum atomic E-state index is 13.4. The van der Waals surface area contributed by atoms with Gasteiger partial charge in [0.05, 0.1) is 30.3 Å². The normalized spacial score (nSPS) is 17.2. The first-order chi connectivity index (χ1) is 20.5. The van der Waals surface area contributed by atoms with E-state index in [1.807, 2.05) is 42.6 Å². The van der Waals surface area contributed by atoms with Crippen LogP contribution in [0.3, 0.4) is 0 Å². The lowest BCUT2D eigenvalue weighted by molar-refractivity contribution is -0.112. The second kappa shape index (κ2) is 11.3. The zero-order chi connectivity index (χ0) is 30.4. The zero-order valence-electron chi connectivity index (χ0n) is 25.0. The molecular formula is C34H37N3O5S. The Kier molecular flexibility index (Phi) is 7.66. The number of fused-ring (bicyclic) bond motifs is 2. The van der Waals surface area contributed by atoms with E-state index in [4.69, 9.17) is 9.47 Å². The van der Waals surface area contributed by atoms with E-state index in [-0.39, 0.29) is 16.2 Å². The van der Waals surface area contributed by atoms with Crippen LogP contribution < -0.4 is 9.64 Å². The number of carbonyl (C=O) groups is 1. The van der Waals surface area contributed by atoms with Crippen LogP contribution in [0, 0.1) is 0 Å². The Morgan fingerprint density at radius 3 is 2.42 bits per heavy atom. The van der Waals surface area contributed by atoms with Crippen LogP contribution in [0.15, 0.2) is 77.8 Å². The van der Waals surface area contributed by atoms with Crippen LogP contribution in [0.5, 0.6) is 5.75 Å². The van der Waals surface area contributed by atoms with Gasteiger partial charge >= 0.3 is 0 Å². The first kappa shape index (κ1) is 29.2. The molecule has 6 rings (SSSR count). The number of carbonyl (C=O) groups excluding carboxylic acids is 1. The minimum atomic E-state index is -3.71. The fourth-order valence-corrected chi connectivity index (χ4v) is 7.14. The van der Waals surface area contributed by atoms with E-state index >= 15 is 0 Å². The molecule has 43 heavy (non-hydrogen) atoms. The summed E-state index contributed by atoms with van der Waals surface area (Å²) < 4.78 is 41.8. The predicted octanol–water partition coefficient (Wildman–Crippen LogP) is 5.56. The Bertz CT molecular complexity index is 1810. The number of aromatic nitrogens is 1. The lowest BCUT2D eigenvalue weighted by Gasteiger charge is -2.26. The maximum Gasteiger partial charge on any atom is 0.258 e. The van der Waals surface area contributed by atoms with Gasteiger partial charge in [0.2, 0.25) is 10.0 Å². The van der Waals surface area contributed by atoms with Gasteiger partial charge < -0.3 is 18.9 Å². The average molecular weight is 600 g/mol. The molecule has 1 fully saturated rings. The highest BCUT2D eigenvalue weighted by atomic mass is 32.2. The van der Waals surface area contributed by atoms with Gasteiger partial charge in [-0.25, -0.2) is 8.42 Å². The monoisotopic (exact) mass is 599 g/mol. The van der Waals surface area contributed by atoms with Crippen LogP contribution in [0.1, 0.15) is 37.5 Å². The SMILES string of the molecule is CN1C(=O)C(=Cc2cn(CCOc3ccc(C(C)(C)C)cc3)c3ccccc23)c2cc(S(=O)(=O)N3CCOCC3)ccc21. The van der Waals surface area contributed by atoms with Crippen molar-refractivity contribution in [3.05, 3.63) is 89.6 Å². The topological polar surface area (TPSA) is 81.1 Å². The first-order valence-corrected chi connectivity index (χ1v) is 16.0. The van der Waals surface area contributed by atoms with Crippen LogP contribution in [0.2, 0.25) is 0 Å². The fourth-order valence-electron chi connectivity index (χ4n) is 5.71. The molecule has 4 aromatic rings. The summed E-state index contributed by atoms with van der Waals surface area (Å²) in [6, 6.07) is 21.2. The Morgan fingerprint density at radius 2 is 1.70 bits per heavy atom. The van der Waals surface area contributed by atoms with Gasteiger partial charge in [-0.3, -0.25) is 4.79 Å². The summed E-state index contributed by atoms with van der Waals surface area (Å²) in [6.07, 6.45) is 3.91. The third kappa shape index (κ3) is 5.60. The van der Waals surface area contributed by atoms with Gasteiger partial charge in [0, 0.05) is 53.9 Å². The van der Waals surface area contributed by atoms with Crippen molar-refractivity contribution in [3.63, 3.8) is 0 Å².